The molecule has 1 fully saturated rings. The number of amides is 3. The van der Waals surface area contributed by atoms with Crippen LogP contribution in [0.3, 0.4) is 0 Å². The Morgan fingerprint density at radius 3 is 2.68 bits per heavy atom. The fraction of sp³-hybridized carbons (Fsp3) is 0.222. The van der Waals surface area contributed by atoms with Gasteiger partial charge in [-0.15, -0.1) is 0 Å². The Balaban J connectivity index is 1.58. The van der Waals surface area contributed by atoms with E-state index in [9.17, 15) is 14.0 Å². The molecule has 2 aromatic rings. The molecule has 2 aromatic carbocycles. The number of hydrogen-bond acceptors (Lipinski definition) is 3. The third-order valence-corrected chi connectivity index (χ3v) is 3.93. The summed E-state index contributed by atoms with van der Waals surface area (Å²) in [4.78, 5) is 25.7. The lowest BCUT2D eigenvalue weighted by Crippen LogP contribution is -2.39. The molecule has 1 unspecified atom stereocenters. The maximum atomic E-state index is 13.3. The van der Waals surface area contributed by atoms with Crippen LogP contribution in [0.4, 0.5) is 20.6 Å². The van der Waals surface area contributed by atoms with Gasteiger partial charge in [-0.05, 0) is 42.5 Å². The Morgan fingerprint density at radius 2 is 2.00 bits per heavy atom. The van der Waals surface area contributed by atoms with Crippen molar-refractivity contribution < 1.29 is 18.7 Å². The Kier molecular flexibility index (Phi) is 4.83. The molecule has 1 aliphatic heterocycles. The van der Waals surface area contributed by atoms with Crippen LogP contribution in [0.5, 0.6) is 5.75 Å². The van der Waals surface area contributed by atoms with Crippen LogP contribution in [-0.2, 0) is 4.79 Å². The van der Waals surface area contributed by atoms with Gasteiger partial charge in [0.05, 0.1) is 13.2 Å². The van der Waals surface area contributed by atoms with E-state index >= 15 is 0 Å². The first kappa shape index (κ1) is 16.8. The van der Waals surface area contributed by atoms with E-state index in [4.69, 9.17) is 4.74 Å². The third kappa shape index (κ3) is 4.06. The first-order chi connectivity index (χ1) is 12.0. The largest absolute Gasteiger partial charge is 0.497 e. The Morgan fingerprint density at radius 1 is 1.24 bits per heavy atom. The smallest absolute Gasteiger partial charge is 0.319 e. The summed E-state index contributed by atoms with van der Waals surface area (Å²) in [6.07, 6.45) is 0.173. The summed E-state index contributed by atoms with van der Waals surface area (Å²) < 4.78 is 18.4. The Hall–Kier alpha value is -3.09. The van der Waals surface area contributed by atoms with Gasteiger partial charge in [0.15, 0.2) is 0 Å². The highest BCUT2D eigenvalue weighted by Crippen LogP contribution is 2.22. The number of ether oxygens (including phenoxy) is 1. The van der Waals surface area contributed by atoms with Crippen molar-refractivity contribution in [2.24, 2.45) is 0 Å². The van der Waals surface area contributed by atoms with Crippen LogP contribution in [0.2, 0.25) is 0 Å². The highest BCUT2D eigenvalue weighted by molar-refractivity contribution is 5.97. The number of rotatable bonds is 4. The number of carbonyl (C=O) groups excluding carboxylic acids is 2. The van der Waals surface area contributed by atoms with E-state index in [1.807, 2.05) is 0 Å². The number of methoxy groups -OCH3 is 1. The molecule has 6 nitrogen and oxygen atoms in total. The summed E-state index contributed by atoms with van der Waals surface area (Å²) in [5.41, 5.74) is 1.11. The lowest BCUT2D eigenvalue weighted by atomic mass is 10.2. The Labute approximate surface area is 144 Å². The molecule has 1 heterocycles. The highest BCUT2D eigenvalue weighted by Gasteiger charge is 2.31. The van der Waals surface area contributed by atoms with E-state index in [-0.39, 0.29) is 18.4 Å². The SMILES string of the molecule is COc1ccc(NC(=O)NC2CC(=O)N(c3cccc(F)c3)C2)cc1. The third-order valence-electron chi connectivity index (χ3n) is 3.93. The van der Waals surface area contributed by atoms with E-state index in [1.54, 1.807) is 43.5 Å². The van der Waals surface area contributed by atoms with Crippen LogP contribution in [0, 0.1) is 5.82 Å². The summed E-state index contributed by atoms with van der Waals surface area (Å²) in [6.45, 7) is 0.304. The number of anilines is 2. The minimum absolute atomic E-state index is 0.152. The van der Waals surface area contributed by atoms with Crippen molar-refractivity contribution in [3.63, 3.8) is 0 Å². The van der Waals surface area contributed by atoms with Gasteiger partial charge in [0, 0.05) is 24.3 Å². The van der Waals surface area contributed by atoms with Crippen LogP contribution in [0.15, 0.2) is 48.5 Å². The molecule has 3 rings (SSSR count). The maximum absolute atomic E-state index is 13.3. The summed E-state index contributed by atoms with van der Waals surface area (Å²) in [7, 11) is 1.57. The van der Waals surface area contributed by atoms with Gasteiger partial charge >= 0.3 is 6.03 Å². The van der Waals surface area contributed by atoms with E-state index in [0.717, 1.165) is 0 Å². The van der Waals surface area contributed by atoms with Gasteiger partial charge in [0.2, 0.25) is 5.91 Å². The first-order valence-corrected chi connectivity index (χ1v) is 7.82. The number of benzene rings is 2. The Bertz CT molecular complexity index is 779. The number of urea groups is 1. The topological polar surface area (TPSA) is 70.7 Å². The van der Waals surface area contributed by atoms with Crippen molar-refractivity contribution in [3.05, 3.63) is 54.3 Å². The number of carbonyl (C=O) groups is 2. The highest BCUT2D eigenvalue weighted by atomic mass is 19.1. The molecule has 0 radical (unpaired) electrons. The average molecular weight is 343 g/mol. The van der Waals surface area contributed by atoms with Gasteiger partial charge in [0.1, 0.15) is 11.6 Å². The minimum atomic E-state index is -0.404. The van der Waals surface area contributed by atoms with Gasteiger partial charge in [-0.1, -0.05) is 6.07 Å². The normalized spacial score (nSPS) is 16.6. The van der Waals surface area contributed by atoms with Crippen LogP contribution >= 0.6 is 0 Å². The second-order valence-corrected chi connectivity index (χ2v) is 5.71. The predicted molar refractivity (Wildman–Crippen MR) is 92.3 cm³/mol. The molecule has 0 aromatic heterocycles. The maximum Gasteiger partial charge on any atom is 0.319 e. The van der Waals surface area contributed by atoms with Crippen LogP contribution in [0.25, 0.3) is 0 Å². The molecule has 2 N–H and O–H groups in total. The van der Waals surface area contributed by atoms with Crippen LogP contribution in [-0.4, -0.2) is 31.6 Å². The van der Waals surface area contributed by atoms with E-state index in [0.29, 0.717) is 23.7 Å². The number of nitrogens with zero attached hydrogens (tertiary/aromatic N) is 1. The summed E-state index contributed by atoms with van der Waals surface area (Å²) in [5.74, 6) is 0.136. The molecular weight excluding hydrogens is 325 g/mol. The zero-order valence-electron chi connectivity index (χ0n) is 13.7. The first-order valence-electron chi connectivity index (χ1n) is 7.82. The molecular formula is C18H18FN3O3. The van der Waals surface area contributed by atoms with Crippen molar-refractivity contribution in [1.29, 1.82) is 0 Å². The second-order valence-electron chi connectivity index (χ2n) is 5.71. The molecule has 130 valence electrons. The van der Waals surface area contributed by atoms with Crippen LogP contribution < -0.4 is 20.3 Å². The molecule has 1 aliphatic rings. The van der Waals surface area contributed by atoms with Gasteiger partial charge in [-0.3, -0.25) is 4.79 Å². The van der Waals surface area contributed by atoms with Gasteiger partial charge in [-0.2, -0.15) is 0 Å². The molecule has 1 atom stereocenters. The lowest BCUT2D eigenvalue weighted by Gasteiger charge is -2.17. The summed E-state index contributed by atoms with van der Waals surface area (Å²) >= 11 is 0. The number of halogens is 1. The van der Waals surface area contributed by atoms with Gasteiger partial charge in [0.25, 0.3) is 0 Å². The van der Waals surface area contributed by atoms with E-state index < -0.39 is 11.8 Å². The summed E-state index contributed by atoms with van der Waals surface area (Å²) in [6, 6.07) is 12.0. The molecule has 1 saturated heterocycles. The zero-order valence-corrected chi connectivity index (χ0v) is 13.7. The molecule has 0 saturated carbocycles. The van der Waals surface area contributed by atoms with E-state index in [2.05, 4.69) is 10.6 Å². The van der Waals surface area contributed by atoms with Gasteiger partial charge < -0.3 is 20.3 Å². The number of hydrogen-bond donors (Lipinski definition) is 2. The van der Waals surface area contributed by atoms with Crippen molar-refractivity contribution >= 4 is 23.3 Å². The minimum Gasteiger partial charge on any atom is -0.497 e. The van der Waals surface area contributed by atoms with Crippen molar-refractivity contribution in [2.45, 2.75) is 12.5 Å². The quantitative estimate of drug-likeness (QED) is 0.897. The van der Waals surface area contributed by atoms with Crippen molar-refractivity contribution in [2.75, 3.05) is 23.9 Å². The monoisotopic (exact) mass is 343 g/mol. The second kappa shape index (κ2) is 7.21. The fourth-order valence-corrected chi connectivity index (χ4v) is 2.72. The standard InChI is InChI=1S/C18H18FN3O3/c1-25-16-7-5-13(6-8-16)20-18(24)21-14-10-17(23)22(11-14)15-4-2-3-12(19)9-15/h2-9,14H,10-11H2,1H3,(H2,20,21,24). The molecule has 0 aliphatic carbocycles. The lowest BCUT2D eigenvalue weighted by molar-refractivity contribution is -0.117. The van der Waals surface area contributed by atoms with Crippen LogP contribution in [0.1, 0.15) is 6.42 Å². The van der Waals surface area contributed by atoms with E-state index in [1.165, 1.54) is 17.0 Å². The molecule has 7 heteroatoms. The zero-order chi connectivity index (χ0) is 17.8. The summed E-state index contributed by atoms with van der Waals surface area (Å²) in [5, 5.41) is 5.47. The van der Waals surface area contributed by atoms with Gasteiger partial charge in [-0.25, -0.2) is 9.18 Å². The molecule has 25 heavy (non-hydrogen) atoms. The van der Waals surface area contributed by atoms with Crippen molar-refractivity contribution in [1.82, 2.24) is 5.32 Å². The molecule has 0 bridgehead atoms. The van der Waals surface area contributed by atoms with Crippen molar-refractivity contribution in [3.8, 4) is 5.75 Å². The predicted octanol–water partition coefficient (Wildman–Crippen LogP) is 2.76. The molecule has 0 spiro atoms. The number of nitrogens with one attached hydrogen (secondary N) is 2. The molecule has 3 amide bonds. The fourth-order valence-electron chi connectivity index (χ4n) is 2.72. The average Bonchev–Trinajstić information content (AvgIpc) is 2.95.